The van der Waals surface area contributed by atoms with Crippen LogP contribution in [0.1, 0.15) is 25.0 Å². The molecule has 3 aromatic rings. The van der Waals surface area contributed by atoms with Crippen molar-refractivity contribution in [1.82, 2.24) is 15.6 Å². The molecule has 0 atom stereocenters. The second-order valence-electron chi connectivity index (χ2n) is 6.23. The first-order chi connectivity index (χ1) is 13.7. The van der Waals surface area contributed by atoms with Gasteiger partial charge in [-0.1, -0.05) is 24.3 Å². The van der Waals surface area contributed by atoms with E-state index in [0.717, 1.165) is 28.6 Å². The Balaban J connectivity index is 1.70. The fourth-order valence-corrected chi connectivity index (χ4v) is 2.92. The van der Waals surface area contributed by atoms with E-state index in [9.17, 15) is 4.39 Å². The van der Waals surface area contributed by atoms with Crippen molar-refractivity contribution in [1.29, 1.82) is 0 Å². The third kappa shape index (κ3) is 4.97. The zero-order chi connectivity index (χ0) is 19.8. The molecule has 1 aromatic heterocycles. The van der Waals surface area contributed by atoms with Gasteiger partial charge in [0, 0.05) is 24.7 Å². The molecule has 0 saturated heterocycles. The summed E-state index contributed by atoms with van der Waals surface area (Å²) in [6.07, 6.45) is 1.81. The molecule has 0 radical (unpaired) electrons. The van der Waals surface area contributed by atoms with Crippen molar-refractivity contribution >= 4 is 16.9 Å². The minimum Gasteiger partial charge on any atom is -0.491 e. The lowest BCUT2D eigenvalue weighted by Gasteiger charge is -2.13. The van der Waals surface area contributed by atoms with Gasteiger partial charge in [0.1, 0.15) is 0 Å². The fourth-order valence-electron chi connectivity index (χ4n) is 2.92. The number of pyridine rings is 1. The number of rotatable bonds is 7. The van der Waals surface area contributed by atoms with E-state index in [1.165, 1.54) is 6.07 Å². The monoisotopic (exact) mass is 380 g/mol. The first-order valence-corrected chi connectivity index (χ1v) is 9.47. The minimum atomic E-state index is -0.365. The summed E-state index contributed by atoms with van der Waals surface area (Å²) in [5, 5.41) is 7.67. The van der Waals surface area contributed by atoms with Gasteiger partial charge in [0.2, 0.25) is 0 Å². The second-order valence-corrected chi connectivity index (χ2v) is 6.23. The van der Waals surface area contributed by atoms with Crippen molar-refractivity contribution in [2.75, 3.05) is 13.2 Å². The van der Waals surface area contributed by atoms with Crippen molar-refractivity contribution in [3.05, 3.63) is 71.7 Å². The van der Waals surface area contributed by atoms with Crippen LogP contribution in [0.3, 0.4) is 0 Å². The van der Waals surface area contributed by atoms with Crippen molar-refractivity contribution in [3.63, 3.8) is 0 Å². The number of fused-ring (bicyclic) bond motifs is 1. The molecule has 2 N–H and O–H groups in total. The summed E-state index contributed by atoms with van der Waals surface area (Å²) < 4.78 is 19.3. The van der Waals surface area contributed by atoms with Crippen LogP contribution in [0.2, 0.25) is 0 Å². The smallest absolute Gasteiger partial charge is 0.191 e. The van der Waals surface area contributed by atoms with E-state index in [1.807, 2.05) is 50.4 Å². The Morgan fingerprint density at radius 2 is 1.96 bits per heavy atom. The van der Waals surface area contributed by atoms with E-state index in [1.54, 1.807) is 6.07 Å². The van der Waals surface area contributed by atoms with Crippen molar-refractivity contribution in [2.45, 2.75) is 26.9 Å². The van der Waals surface area contributed by atoms with Crippen LogP contribution in [0.15, 0.2) is 59.7 Å². The number of nitrogens with one attached hydrogen (secondary N) is 2. The number of ether oxygens (including phenoxy) is 1. The summed E-state index contributed by atoms with van der Waals surface area (Å²) >= 11 is 0. The molecule has 1 heterocycles. The lowest BCUT2D eigenvalue weighted by molar-refractivity contribution is 0.321. The van der Waals surface area contributed by atoms with Gasteiger partial charge in [-0.2, -0.15) is 0 Å². The molecular formula is C22H25FN4O. The normalized spacial score (nSPS) is 11.5. The van der Waals surface area contributed by atoms with E-state index in [4.69, 9.17) is 4.74 Å². The maximum atomic E-state index is 14.0. The predicted molar refractivity (Wildman–Crippen MR) is 111 cm³/mol. The molecule has 0 saturated carbocycles. The number of guanidine groups is 1. The average molecular weight is 380 g/mol. The van der Waals surface area contributed by atoms with Crippen molar-refractivity contribution in [2.24, 2.45) is 4.99 Å². The zero-order valence-electron chi connectivity index (χ0n) is 16.2. The topological polar surface area (TPSA) is 58.5 Å². The molecule has 0 spiro atoms. The average Bonchev–Trinajstić information content (AvgIpc) is 2.72. The summed E-state index contributed by atoms with van der Waals surface area (Å²) in [6.45, 7) is 6.00. The van der Waals surface area contributed by atoms with Crippen LogP contribution in [0, 0.1) is 5.82 Å². The van der Waals surface area contributed by atoms with Crippen molar-refractivity contribution < 1.29 is 9.13 Å². The highest BCUT2D eigenvalue weighted by atomic mass is 19.1. The highest BCUT2D eigenvalue weighted by Gasteiger charge is 2.06. The Kier molecular flexibility index (Phi) is 6.78. The van der Waals surface area contributed by atoms with Gasteiger partial charge in [-0.15, -0.1) is 0 Å². The Hall–Kier alpha value is -3.15. The van der Waals surface area contributed by atoms with Gasteiger partial charge < -0.3 is 15.4 Å². The predicted octanol–water partition coefficient (Wildman–Crippen LogP) is 4.03. The standard InChI is InChI=1S/C22H25FN4O/c1-3-24-22(26-14-16-9-10-21(28-4-2)19(23)13-16)27-15-17-11-12-25-20-8-6-5-7-18(17)20/h5-13H,3-4,14-15H2,1-2H3,(H2,24,26,27). The molecule has 2 aromatic carbocycles. The summed E-state index contributed by atoms with van der Waals surface area (Å²) in [6, 6.07) is 15.0. The SMILES string of the molecule is CCNC(=NCc1ccc(OCC)c(F)c1)NCc1ccnc2ccccc12. The lowest BCUT2D eigenvalue weighted by atomic mass is 10.1. The number of hydrogen-bond donors (Lipinski definition) is 2. The largest absolute Gasteiger partial charge is 0.491 e. The van der Waals surface area contributed by atoms with Gasteiger partial charge >= 0.3 is 0 Å². The van der Waals surface area contributed by atoms with Gasteiger partial charge in [-0.3, -0.25) is 4.98 Å². The number of para-hydroxylation sites is 1. The molecule has 0 aliphatic carbocycles. The Morgan fingerprint density at radius 1 is 1.11 bits per heavy atom. The zero-order valence-corrected chi connectivity index (χ0v) is 16.2. The molecule has 5 nitrogen and oxygen atoms in total. The van der Waals surface area contributed by atoms with Crippen LogP contribution in [0.4, 0.5) is 4.39 Å². The minimum absolute atomic E-state index is 0.268. The highest BCUT2D eigenvalue weighted by Crippen LogP contribution is 2.19. The molecular weight excluding hydrogens is 355 g/mol. The Morgan fingerprint density at radius 3 is 2.75 bits per heavy atom. The summed E-state index contributed by atoms with van der Waals surface area (Å²) in [5.74, 6) is 0.582. The van der Waals surface area contributed by atoms with Crippen LogP contribution in [-0.4, -0.2) is 24.1 Å². The molecule has 0 aliphatic heterocycles. The molecule has 0 unspecified atom stereocenters. The van der Waals surface area contributed by atoms with Crippen LogP contribution < -0.4 is 15.4 Å². The molecule has 28 heavy (non-hydrogen) atoms. The van der Waals surface area contributed by atoms with E-state index in [-0.39, 0.29) is 11.6 Å². The van der Waals surface area contributed by atoms with Gasteiger partial charge in [0.05, 0.1) is 18.7 Å². The molecule has 0 fully saturated rings. The van der Waals surface area contributed by atoms with Crippen LogP contribution in [0.25, 0.3) is 10.9 Å². The first-order valence-electron chi connectivity index (χ1n) is 9.47. The second kappa shape index (κ2) is 9.69. The maximum Gasteiger partial charge on any atom is 0.191 e. The number of benzene rings is 2. The van der Waals surface area contributed by atoms with Crippen LogP contribution in [-0.2, 0) is 13.1 Å². The molecule has 6 heteroatoms. The lowest BCUT2D eigenvalue weighted by Crippen LogP contribution is -2.36. The highest BCUT2D eigenvalue weighted by molar-refractivity contribution is 5.83. The molecule has 3 rings (SSSR count). The van der Waals surface area contributed by atoms with Crippen molar-refractivity contribution in [3.8, 4) is 5.75 Å². The Labute approximate surface area is 164 Å². The molecule has 0 bridgehead atoms. The van der Waals surface area contributed by atoms with Gasteiger partial charge in [0.15, 0.2) is 17.5 Å². The summed E-state index contributed by atoms with van der Waals surface area (Å²) in [7, 11) is 0. The molecule has 146 valence electrons. The van der Waals surface area contributed by atoms with E-state index in [0.29, 0.717) is 25.7 Å². The van der Waals surface area contributed by atoms with Crippen LogP contribution >= 0.6 is 0 Å². The number of nitrogens with zero attached hydrogens (tertiary/aromatic N) is 2. The van der Waals surface area contributed by atoms with Crippen LogP contribution in [0.5, 0.6) is 5.75 Å². The van der Waals surface area contributed by atoms with Gasteiger partial charge in [-0.25, -0.2) is 9.38 Å². The number of aromatic nitrogens is 1. The third-order valence-corrected chi connectivity index (χ3v) is 4.25. The quantitative estimate of drug-likeness (QED) is 0.480. The third-order valence-electron chi connectivity index (χ3n) is 4.25. The van der Waals surface area contributed by atoms with Gasteiger partial charge in [-0.05, 0) is 49.2 Å². The van der Waals surface area contributed by atoms with Gasteiger partial charge in [0.25, 0.3) is 0 Å². The first kappa shape index (κ1) is 19.6. The summed E-state index contributed by atoms with van der Waals surface area (Å²) in [5.41, 5.74) is 2.89. The number of hydrogen-bond acceptors (Lipinski definition) is 3. The fraction of sp³-hybridized carbons (Fsp3) is 0.273. The summed E-state index contributed by atoms with van der Waals surface area (Å²) in [4.78, 5) is 8.96. The molecule has 0 amide bonds. The Bertz CT molecular complexity index is 953. The van der Waals surface area contributed by atoms with E-state index < -0.39 is 0 Å². The number of halogens is 1. The molecule has 0 aliphatic rings. The number of aliphatic imine (C=N–C) groups is 1. The maximum absolute atomic E-state index is 14.0. The van der Waals surface area contributed by atoms with E-state index >= 15 is 0 Å². The van der Waals surface area contributed by atoms with E-state index in [2.05, 4.69) is 26.7 Å².